The molecule has 2 amide bonds. The first-order valence-electron chi connectivity index (χ1n) is 11.2. The average molecular weight is 474 g/mol. The van der Waals surface area contributed by atoms with E-state index in [-0.39, 0.29) is 22.8 Å². The van der Waals surface area contributed by atoms with E-state index in [4.69, 9.17) is 4.74 Å². The zero-order valence-electron chi connectivity index (χ0n) is 19.1. The molecule has 0 unspecified atom stereocenters. The zero-order chi connectivity index (χ0) is 23.8. The minimum absolute atomic E-state index is 0.178. The highest BCUT2D eigenvalue weighted by Crippen LogP contribution is 2.19. The molecule has 2 aromatic rings. The van der Waals surface area contributed by atoms with Crippen LogP contribution in [0.4, 0.5) is 4.79 Å². The Morgan fingerprint density at radius 2 is 1.61 bits per heavy atom. The summed E-state index contributed by atoms with van der Waals surface area (Å²) in [5.41, 5.74) is 0.414. The van der Waals surface area contributed by atoms with Gasteiger partial charge in [0.2, 0.25) is 10.0 Å². The van der Waals surface area contributed by atoms with Gasteiger partial charge in [-0.3, -0.25) is 4.79 Å². The summed E-state index contributed by atoms with van der Waals surface area (Å²) in [6.45, 7) is 6.01. The van der Waals surface area contributed by atoms with E-state index in [1.54, 1.807) is 30.9 Å². The van der Waals surface area contributed by atoms with Crippen LogP contribution in [0.5, 0.6) is 5.75 Å². The molecule has 0 aromatic heterocycles. The highest BCUT2D eigenvalue weighted by molar-refractivity contribution is 7.89. The molecule has 9 heteroatoms. The number of ether oxygens (including phenoxy) is 1. The largest absolute Gasteiger partial charge is 0.415 e. The summed E-state index contributed by atoms with van der Waals surface area (Å²) in [5.74, 6) is 0.539. The fraction of sp³-hybridized carbons (Fsp3) is 0.417. The third-order valence-electron chi connectivity index (χ3n) is 5.83. The summed E-state index contributed by atoms with van der Waals surface area (Å²) in [4.78, 5) is 26.7. The summed E-state index contributed by atoms with van der Waals surface area (Å²) < 4.78 is 31.9. The summed E-state index contributed by atoms with van der Waals surface area (Å²) in [6, 6.07) is 15.0. The van der Waals surface area contributed by atoms with Crippen LogP contribution in [0.25, 0.3) is 0 Å². The minimum atomic E-state index is -3.55. The van der Waals surface area contributed by atoms with Gasteiger partial charge in [0.05, 0.1) is 4.90 Å². The highest BCUT2D eigenvalue weighted by atomic mass is 32.2. The van der Waals surface area contributed by atoms with Crippen molar-refractivity contribution in [2.24, 2.45) is 5.92 Å². The van der Waals surface area contributed by atoms with Crippen LogP contribution in [-0.4, -0.2) is 62.3 Å². The number of sulfonamides is 1. The summed E-state index contributed by atoms with van der Waals surface area (Å²) >= 11 is 0. The maximum absolute atomic E-state index is 12.6. The maximum atomic E-state index is 12.6. The standard InChI is InChI=1S/C24H31N3O5S/c1-3-27(4-2)33(30,31)22-12-10-20(11-13-22)23(28)25-18-19-14-16-26(17-15-19)24(29)32-21-8-6-5-7-9-21/h5-13,19H,3-4,14-18H2,1-2H3,(H,25,28). The van der Waals surface area contributed by atoms with Crippen LogP contribution < -0.4 is 10.1 Å². The molecule has 33 heavy (non-hydrogen) atoms. The van der Waals surface area contributed by atoms with Crippen LogP contribution in [-0.2, 0) is 10.0 Å². The van der Waals surface area contributed by atoms with E-state index in [9.17, 15) is 18.0 Å². The van der Waals surface area contributed by atoms with E-state index in [1.807, 2.05) is 18.2 Å². The number of para-hydroxylation sites is 1. The van der Waals surface area contributed by atoms with E-state index >= 15 is 0 Å². The molecule has 1 fully saturated rings. The number of nitrogens with one attached hydrogen (secondary N) is 1. The number of hydrogen-bond donors (Lipinski definition) is 1. The van der Waals surface area contributed by atoms with Crippen molar-refractivity contribution in [3.63, 3.8) is 0 Å². The van der Waals surface area contributed by atoms with Gasteiger partial charge in [-0.25, -0.2) is 13.2 Å². The van der Waals surface area contributed by atoms with Gasteiger partial charge in [0.1, 0.15) is 5.75 Å². The Labute approximate surface area is 195 Å². The van der Waals surface area contributed by atoms with Crippen LogP contribution in [0.3, 0.4) is 0 Å². The molecule has 0 radical (unpaired) electrons. The number of benzene rings is 2. The average Bonchev–Trinajstić information content (AvgIpc) is 2.84. The summed E-state index contributed by atoms with van der Waals surface area (Å²) in [5, 5.41) is 2.92. The summed E-state index contributed by atoms with van der Waals surface area (Å²) in [7, 11) is -3.55. The van der Waals surface area contributed by atoms with Crippen molar-refractivity contribution in [3.05, 3.63) is 60.2 Å². The second-order valence-corrected chi connectivity index (χ2v) is 9.87. The van der Waals surface area contributed by atoms with Gasteiger partial charge in [-0.05, 0) is 55.2 Å². The summed E-state index contributed by atoms with van der Waals surface area (Å²) in [6.07, 6.45) is 1.18. The van der Waals surface area contributed by atoms with Crippen molar-refractivity contribution in [1.29, 1.82) is 0 Å². The SMILES string of the molecule is CCN(CC)S(=O)(=O)c1ccc(C(=O)NCC2CCN(C(=O)Oc3ccccc3)CC2)cc1. The van der Waals surface area contributed by atoms with E-state index in [0.717, 1.165) is 12.8 Å². The van der Waals surface area contributed by atoms with Crippen molar-refractivity contribution in [2.45, 2.75) is 31.6 Å². The van der Waals surface area contributed by atoms with Crippen LogP contribution in [0.15, 0.2) is 59.5 Å². The molecule has 0 bridgehead atoms. The van der Waals surface area contributed by atoms with Gasteiger partial charge in [0.15, 0.2) is 0 Å². The number of nitrogens with zero attached hydrogens (tertiary/aromatic N) is 2. The van der Waals surface area contributed by atoms with Gasteiger partial charge < -0.3 is 15.0 Å². The quantitative estimate of drug-likeness (QED) is 0.634. The molecule has 2 aromatic carbocycles. The zero-order valence-corrected chi connectivity index (χ0v) is 19.9. The lowest BCUT2D eigenvalue weighted by Crippen LogP contribution is -2.42. The Morgan fingerprint density at radius 1 is 1.00 bits per heavy atom. The van der Waals surface area contributed by atoms with Crippen LogP contribution in [0.1, 0.15) is 37.0 Å². The van der Waals surface area contributed by atoms with Crippen molar-refractivity contribution in [3.8, 4) is 5.75 Å². The normalized spacial score (nSPS) is 14.8. The number of likely N-dealkylation sites (tertiary alicyclic amines) is 1. The second-order valence-electron chi connectivity index (χ2n) is 7.94. The molecule has 8 nitrogen and oxygen atoms in total. The maximum Gasteiger partial charge on any atom is 0.415 e. The van der Waals surface area contributed by atoms with Gasteiger partial charge in [-0.2, -0.15) is 4.31 Å². The number of amides is 2. The molecule has 0 saturated carbocycles. The topological polar surface area (TPSA) is 96.0 Å². The lowest BCUT2D eigenvalue weighted by atomic mass is 9.97. The Kier molecular flexibility index (Phi) is 8.46. The Hall–Kier alpha value is -2.91. The predicted octanol–water partition coefficient (Wildman–Crippen LogP) is 3.36. The molecule has 0 atom stereocenters. The van der Waals surface area contributed by atoms with Crippen molar-refractivity contribution in [1.82, 2.24) is 14.5 Å². The number of rotatable bonds is 8. The van der Waals surface area contributed by atoms with E-state index in [2.05, 4.69) is 5.32 Å². The number of carbonyl (C=O) groups is 2. The smallest absolute Gasteiger partial charge is 0.410 e. The molecule has 1 aliphatic rings. The van der Waals surface area contributed by atoms with Crippen molar-refractivity contribution in [2.75, 3.05) is 32.7 Å². The third kappa shape index (κ3) is 6.33. The molecular formula is C24H31N3O5S. The van der Waals surface area contributed by atoms with Gasteiger partial charge >= 0.3 is 6.09 Å². The lowest BCUT2D eigenvalue weighted by molar-refractivity contribution is 0.0931. The lowest BCUT2D eigenvalue weighted by Gasteiger charge is -2.31. The first-order valence-corrected chi connectivity index (χ1v) is 12.7. The highest BCUT2D eigenvalue weighted by Gasteiger charge is 2.25. The number of carbonyl (C=O) groups excluding carboxylic acids is 2. The molecule has 0 aliphatic carbocycles. The molecule has 3 rings (SSSR count). The third-order valence-corrected chi connectivity index (χ3v) is 7.90. The first kappa shape index (κ1) is 24.7. The van der Waals surface area contributed by atoms with E-state index in [0.29, 0.717) is 44.0 Å². The Bertz CT molecular complexity index is 1030. The monoisotopic (exact) mass is 473 g/mol. The molecule has 1 aliphatic heterocycles. The molecule has 178 valence electrons. The molecular weight excluding hydrogens is 442 g/mol. The van der Waals surface area contributed by atoms with Gasteiger partial charge in [-0.15, -0.1) is 0 Å². The van der Waals surface area contributed by atoms with Crippen molar-refractivity contribution >= 4 is 22.0 Å². The van der Waals surface area contributed by atoms with Gasteiger partial charge in [0, 0.05) is 38.3 Å². The van der Waals surface area contributed by atoms with E-state index < -0.39 is 10.0 Å². The van der Waals surface area contributed by atoms with Crippen LogP contribution >= 0.6 is 0 Å². The number of hydrogen-bond acceptors (Lipinski definition) is 5. The molecule has 0 spiro atoms. The van der Waals surface area contributed by atoms with E-state index in [1.165, 1.54) is 28.6 Å². The van der Waals surface area contributed by atoms with Crippen LogP contribution in [0.2, 0.25) is 0 Å². The fourth-order valence-corrected chi connectivity index (χ4v) is 5.26. The van der Waals surface area contributed by atoms with Gasteiger partial charge in [0.25, 0.3) is 5.91 Å². The van der Waals surface area contributed by atoms with Crippen LogP contribution in [0, 0.1) is 5.92 Å². The van der Waals surface area contributed by atoms with Gasteiger partial charge in [-0.1, -0.05) is 32.0 Å². The predicted molar refractivity (Wildman–Crippen MR) is 126 cm³/mol. The second kappa shape index (κ2) is 11.3. The Balaban J connectivity index is 1.46. The minimum Gasteiger partial charge on any atom is -0.410 e. The number of piperidine rings is 1. The molecule has 1 heterocycles. The molecule has 1 N–H and O–H groups in total. The molecule has 1 saturated heterocycles. The Morgan fingerprint density at radius 3 is 2.18 bits per heavy atom. The fourth-order valence-electron chi connectivity index (χ4n) is 3.80. The first-order chi connectivity index (χ1) is 15.8. The van der Waals surface area contributed by atoms with Crippen molar-refractivity contribution < 1.29 is 22.7 Å².